The fraction of sp³-hybridized carbons (Fsp3) is 0.474. The van der Waals surface area contributed by atoms with Gasteiger partial charge in [0.25, 0.3) is 5.91 Å². The Morgan fingerprint density at radius 1 is 1.22 bits per heavy atom. The van der Waals surface area contributed by atoms with Crippen LogP contribution in [0.1, 0.15) is 55.0 Å². The number of hydrogen-bond acceptors (Lipinski definition) is 2. The maximum atomic E-state index is 13.1. The standard InChI is InChI=1S/C19H27N3O/c1-8-22(15-11-13(2)9-10-14(15)3)18(23)16-12-17(19(4,5)6)20-21(16)7/h9-12H,8H2,1-7H3. The summed E-state index contributed by atoms with van der Waals surface area (Å²) in [7, 11) is 1.83. The van der Waals surface area contributed by atoms with Gasteiger partial charge in [0.05, 0.1) is 5.69 Å². The molecule has 0 unspecified atom stereocenters. The highest BCUT2D eigenvalue weighted by molar-refractivity contribution is 6.05. The first-order valence-corrected chi connectivity index (χ1v) is 8.08. The molecule has 4 nitrogen and oxygen atoms in total. The number of aromatic nitrogens is 2. The highest BCUT2D eigenvalue weighted by atomic mass is 16.2. The van der Waals surface area contributed by atoms with Crippen LogP contribution in [0.2, 0.25) is 0 Å². The number of carbonyl (C=O) groups is 1. The van der Waals surface area contributed by atoms with E-state index >= 15 is 0 Å². The van der Waals surface area contributed by atoms with E-state index in [2.05, 4.69) is 44.1 Å². The molecule has 0 fully saturated rings. The lowest BCUT2D eigenvalue weighted by molar-refractivity contribution is 0.0979. The Kier molecular flexibility index (Phi) is 4.64. The van der Waals surface area contributed by atoms with Crippen LogP contribution in [0, 0.1) is 13.8 Å². The van der Waals surface area contributed by atoms with Gasteiger partial charge in [-0.05, 0) is 44.0 Å². The average Bonchev–Trinajstić information content (AvgIpc) is 2.85. The van der Waals surface area contributed by atoms with Crippen LogP contribution < -0.4 is 4.90 Å². The Hall–Kier alpha value is -2.10. The molecule has 1 aromatic heterocycles. The minimum atomic E-state index is -0.0768. The van der Waals surface area contributed by atoms with E-state index < -0.39 is 0 Å². The molecular formula is C19H27N3O. The second-order valence-corrected chi connectivity index (χ2v) is 7.13. The minimum absolute atomic E-state index is 0.00769. The number of carbonyl (C=O) groups excluding carboxylic acids is 1. The average molecular weight is 313 g/mol. The number of nitrogens with zero attached hydrogens (tertiary/aromatic N) is 3. The molecule has 1 heterocycles. The summed E-state index contributed by atoms with van der Waals surface area (Å²) in [5, 5.41) is 4.52. The molecule has 0 saturated heterocycles. The zero-order chi connectivity index (χ0) is 17.4. The van der Waals surface area contributed by atoms with Gasteiger partial charge in [-0.25, -0.2) is 0 Å². The number of hydrogen-bond donors (Lipinski definition) is 0. The van der Waals surface area contributed by atoms with E-state index in [1.54, 1.807) is 4.68 Å². The van der Waals surface area contributed by atoms with Crippen LogP contribution in [-0.2, 0) is 12.5 Å². The summed E-state index contributed by atoms with van der Waals surface area (Å²) in [6, 6.07) is 8.11. The van der Waals surface area contributed by atoms with Crippen LogP contribution in [0.4, 0.5) is 5.69 Å². The molecule has 0 N–H and O–H groups in total. The normalized spacial score (nSPS) is 11.6. The molecule has 0 aliphatic heterocycles. The van der Waals surface area contributed by atoms with Crippen molar-refractivity contribution in [2.45, 2.75) is 47.0 Å². The van der Waals surface area contributed by atoms with Gasteiger partial charge >= 0.3 is 0 Å². The lowest BCUT2D eigenvalue weighted by atomic mass is 9.92. The topological polar surface area (TPSA) is 38.1 Å². The summed E-state index contributed by atoms with van der Waals surface area (Å²) in [4.78, 5) is 14.9. The molecule has 1 aromatic carbocycles. The second kappa shape index (κ2) is 6.19. The van der Waals surface area contributed by atoms with Crippen molar-refractivity contribution in [3.8, 4) is 0 Å². The molecule has 0 aliphatic carbocycles. The summed E-state index contributed by atoms with van der Waals surface area (Å²) in [5.74, 6) is -0.00769. The Balaban J connectivity index is 2.45. The van der Waals surface area contributed by atoms with Gasteiger partial charge < -0.3 is 4.90 Å². The second-order valence-electron chi connectivity index (χ2n) is 7.13. The highest BCUT2D eigenvalue weighted by Gasteiger charge is 2.25. The van der Waals surface area contributed by atoms with Crippen LogP contribution in [0.25, 0.3) is 0 Å². The van der Waals surface area contributed by atoms with Gasteiger partial charge in [-0.2, -0.15) is 5.10 Å². The van der Waals surface area contributed by atoms with E-state index in [-0.39, 0.29) is 11.3 Å². The lowest BCUT2D eigenvalue weighted by Gasteiger charge is -2.23. The third-order valence-electron chi connectivity index (χ3n) is 4.08. The fourth-order valence-electron chi connectivity index (χ4n) is 2.61. The van der Waals surface area contributed by atoms with Crippen molar-refractivity contribution < 1.29 is 4.79 Å². The van der Waals surface area contributed by atoms with Gasteiger partial charge in [-0.15, -0.1) is 0 Å². The Labute approximate surface area is 139 Å². The largest absolute Gasteiger partial charge is 0.307 e. The first-order chi connectivity index (χ1) is 10.6. The van der Waals surface area contributed by atoms with Crippen LogP contribution in [0.15, 0.2) is 24.3 Å². The van der Waals surface area contributed by atoms with E-state index in [0.717, 1.165) is 22.5 Å². The highest BCUT2D eigenvalue weighted by Crippen LogP contribution is 2.25. The maximum Gasteiger partial charge on any atom is 0.276 e. The molecule has 124 valence electrons. The SMILES string of the molecule is CCN(C(=O)c1cc(C(C)(C)C)nn1C)c1cc(C)ccc1C. The third-order valence-corrected chi connectivity index (χ3v) is 4.08. The number of aryl methyl sites for hydroxylation is 3. The monoisotopic (exact) mass is 313 g/mol. The van der Waals surface area contributed by atoms with Crippen molar-refractivity contribution in [1.29, 1.82) is 0 Å². The fourth-order valence-corrected chi connectivity index (χ4v) is 2.61. The molecule has 4 heteroatoms. The number of amides is 1. The summed E-state index contributed by atoms with van der Waals surface area (Å²) < 4.78 is 1.69. The van der Waals surface area contributed by atoms with Gasteiger partial charge in [0, 0.05) is 24.7 Å². The molecule has 0 atom stereocenters. The smallest absolute Gasteiger partial charge is 0.276 e. The molecule has 0 saturated carbocycles. The molecule has 2 aromatic rings. The van der Waals surface area contributed by atoms with Crippen LogP contribution in [0.3, 0.4) is 0 Å². The predicted octanol–water partition coefficient (Wildman–Crippen LogP) is 4.00. The lowest BCUT2D eigenvalue weighted by Crippen LogP contribution is -2.32. The van der Waals surface area contributed by atoms with Crippen LogP contribution in [-0.4, -0.2) is 22.2 Å². The van der Waals surface area contributed by atoms with Crippen molar-refractivity contribution in [3.05, 3.63) is 46.8 Å². The van der Waals surface area contributed by atoms with Gasteiger partial charge in [-0.1, -0.05) is 32.9 Å². The molecule has 0 aliphatic rings. The van der Waals surface area contributed by atoms with E-state index in [1.807, 2.05) is 38.8 Å². The molecule has 1 amide bonds. The van der Waals surface area contributed by atoms with Gasteiger partial charge in [0.1, 0.15) is 5.69 Å². The van der Waals surface area contributed by atoms with Crippen molar-refractivity contribution in [3.63, 3.8) is 0 Å². The molecule has 0 radical (unpaired) electrons. The number of benzene rings is 1. The van der Waals surface area contributed by atoms with Crippen LogP contribution >= 0.6 is 0 Å². The first-order valence-electron chi connectivity index (χ1n) is 8.08. The number of anilines is 1. The quantitative estimate of drug-likeness (QED) is 0.859. The Morgan fingerprint density at radius 3 is 2.39 bits per heavy atom. The summed E-state index contributed by atoms with van der Waals surface area (Å²) in [6.07, 6.45) is 0. The van der Waals surface area contributed by atoms with Crippen molar-refractivity contribution in [2.75, 3.05) is 11.4 Å². The molecule has 0 bridgehead atoms. The maximum absolute atomic E-state index is 13.1. The Morgan fingerprint density at radius 2 is 1.87 bits per heavy atom. The van der Waals surface area contributed by atoms with Crippen LogP contribution in [0.5, 0.6) is 0 Å². The number of rotatable bonds is 3. The van der Waals surface area contributed by atoms with E-state index in [4.69, 9.17) is 0 Å². The van der Waals surface area contributed by atoms with Gasteiger partial charge in [0.15, 0.2) is 0 Å². The minimum Gasteiger partial charge on any atom is -0.307 e. The van der Waals surface area contributed by atoms with Gasteiger partial charge in [0.2, 0.25) is 0 Å². The van der Waals surface area contributed by atoms with E-state index in [0.29, 0.717) is 12.2 Å². The summed E-state index contributed by atoms with van der Waals surface area (Å²) in [5.41, 5.74) is 4.70. The summed E-state index contributed by atoms with van der Waals surface area (Å²) >= 11 is 0. The van der Waals surface area contributed by atoms with E-state index in [1.165, 1.54) is 0 Å². The van der Waals surface area contributed by atoms with Crippen molar-refractivity contribution in [1.82, 2.24) is 9.78 Å². The molecule has 23 heavy (non-hydrogen) atoms. The molecule has 2 rings (SSSR count). The Bertz CT molecular complexity index is 723. The molecule has 0 spiro atoms. The van der Waals surface area contributed by atoms with E-state index in [9.17, 15) is 4.79 Å². The van der Waals surface area contributed by atoms with Crippen molar-refractivity contribution >= 4 is 11.6 Å². The van der Waals surface area contributed by atoms with Crippen molar-refractivity contribution in [2.24, 2.45) is 7.05 Å². The zero-order valence-corrected chi connectivity index (χ0v) is 15.3. The molecular weight excluding hydrogens is 286 g/mol. The third kappa shape index (κ3) is 3.46. The summed E-state index contributed by atoms with van der Waals surface area (Å²) in [6.45, 7) is 13.0. The van der Waals surface area contributed by atoms with Gasteiger partial charge in [-0.3, -0.25) is 9.48 Å². The first kappa shape index (κ1) is 17.3. The predicted molar refractivity (Wildman–Crippen MR) is 95.2 cm³/mol. The zero-order valence-electron chi connectivity index (χ0n) is 15.3.